The summed E-state index contributed by atoms with van der Waals surface area (Å²) in [6.07, 6.45) is 4.96. The van der Waals surface area contributed by atoms with Crippen molar-refractivity contribution in [3.63, 3.8) is 0 Å². The molecule has 1 fully saturated rings. The molecule has 1 amide bonds. The van der Waals surface area contributed by atoms with Gasteiger partial charge in [-0.25, -0.2) is 0 Å². The number of hydrogen-bond acceptors (Lipinski definition) is 2. The Morgan fingerprint density at radius 3 is 2.72 bits per heavy atom. The van der Waals surface area contributed by atoms with Crippen LogP contribution in [0, 0.1) is 12.3 Å². The van der Waals surface area contributed by atoms with E-state index in [0.717, 1.165) is 12.1 Å². The maximum absolute atomic E-state index is 12.1. The maximum atomic E-state index is 12.1. The van der Waals surface area contributed by atoms with Gasteiger partial charge >= 0.3 is 0 Å². The van der Waals surface area contributed by atoms with Crippen LogP contribution >= 0.6 is 0 Å². The second-order valence-corrected chi connectivity index (χ2v) is 5.74. The summed E-state index contributed by atoms with van der Waals surface area (Å²) >= 11 is 0. The number of nitrogens with two attached hydrogens (primary N) is 1. The molecule has 1 aromatic rings. The lowest BCUT2D eigenvalue weighted by Gasteiger charge is -2.23. The van der Waals surface area contributed by atoms with E-state index in [1.54, 1.807) is 6.07 Å². The van der Waals surface area contributed by atoms with Gasteiger partial charge in [-0.2, -0.15) is 0 Å². The molecule has 18 heavy (non-hydrogen) atoms. The van der Waals surface area contributed by atoms with Crippen LogP contribution < -0.4 is 11.1 Å². The first-order valence-corrected chi connectivity index (χ1v) is 6.65. The summed E-state index contributed by atoms with van der Waals surface area (Å²) in [6, 6.07) is 5.58. The molecular formula is C15H22N2O. The van der Waals surface area contributed by atoms with Crippen molar-refractivity contribution in [2.75, 3.05) is 12.3 Å². The first kappa shape index (κ1) is 12.9. The highest BCUT2D eigenvalue weighted by Gasteiger charge is 2.29. The summed E-state index contributed by atoms with van der Waals surface area (Å²) in [6.45, 7) is 4.92. The smallest absolute Gasteiger partial charge is 0.253 e. The Kier molecular flexibility index (Phi) is 3.60. The van der Waals surface area contributed by atoms with E-state index in [1.807, 2.05) is 19.1 Å². The minimum Gasteiger partial charge on any atom is -0.398 e. The summed E-state index contributed by atoms with van der Waals surface area (Å²) in [4.78, 5) is 12.1. The normalized spacial score (nSPS) is 17.7. The molecule has 3 heteroatoms. The largest absolute Gasteiger partial charge is 0.398 e. The number of carbonyl (C=O) groups is 1. The number of para-hydroxylation sites is 1. The third kappa shape index (κ3) is 2.66. The summed E-state index contributed by atoms with van der Waals surface area (Å²) in [7, 11) is 0. The Balaban J connectivity index is 2.01. The molecule has 0 saturated heterocycles. The van der Waals surface area contributed by atoms with Crippen molar-refractivity contribution >= 4 is 11.6 Å². The van der Waals surface area contributed by atoms with E-state index in [-0.39, 0.29) is 11.3 Å². The molecule has 1 aliphatic rings. The van der Waals surface area contributed by atoms with Crippen LogP contribution in [0.1, 0.15) is 48.5 Å². The minimum absolute atomic E-state index is 0.0516. The van der Waals surface area contributed by atoms with Crippen molar-refractivity contribution in [2.24, 2.45) is 5.41 Å². The Morgan fingerprint density at radius 1 is 1.39 bits per heavy atom. The highest BCUT2D eigenvalue weighted by Crippen LogP contribution is 2.36. The lowest BCUT2D eigenvalue weighted by molar-refractivity contribution is 0.0935. The summed E-state index contributed by atoms with van der Waals surface area (Å²) in [5, 5.41) is 3.03. The molecule has 2 rings (SSSR count). The van der Waals surface area contributed by atoms with Crippen LogP contribution in [-0.4, -0.2) is 12.5 Å². The van der Waals surface area contributed by atoms with Crippen LogP contribution in [0.2, 0.25) is 0 Å². The Morgan fingerprint density at radius 2 is 2.06 bits per heavy atom. The average molecular weight is 246 g/mol. The minimum atomic E-state index is -0.0516. The lowest BCUT2D eigenvalue weighted by Crippen LogP contribution is -2.34. The van der Waals surface area contributed by atoms with Crippen molar-refractivity contribution in [1.82, 2.24) is 5.32 Å². The van der Waals surface area contributed by atoms with Crippen LogP contribution in [0.25, 0.3) is 0 Å². The predicted molar refractivity (Wildman–Crippen MR) is 74.5 cm³/mol. The van der Waals surface area contributed by atoms with Crippen molar-refractivity contribution in [2.45, 2.75) is 39.5 Å². The van der Waals surface area contributed by atoms with E-state index in [2.05, 4.69) is 12.2 Å². The summed E-state index contributed by atoms with van der Waals surface area (Å²) in [5.41, 5.74) is 8.35. The first-order valence-electron chi connectivity index (χ1n) is 6.65. The van der Waals surface area contributed by atoms with Gasteiger partial charge < -0.3 is 11.1 Å². The van der Waals surface area contributed by atoms with Crippen LogP contribution in [0.3, 0.4) is 0 Å². The second kappa shape index (κ2) is 5.01. The van der Waals surface area contributed by atoms with E-state index in [0.29, 0.717) is 11.3 Å². The first-order chi connectivity index (χ1) is 8.52. The standard InChI is InChI=1S/C15H22N2O/c1-11-6-5-7-12(13(11)16)14(18)17-10-15(2)8-3-4-9-15/h5-7H,3-4,8-10,16H2,1-2H3,(H,17,18). The van der Waals surface area contributed by atoms with Crippen molar-refractivity contribution < 1.29 is 4.79 Å². The van der Waals surface area contributed by atoms with Gasteiger partial charge in [0.1, 0.15) is 0 Å². The van der Waals surface area contributed by atoms with E-state index in [1.165, 1.54) is 25.7 Å². The fraction of sp³-hybridized carbons (Fsp3) is 0.533. The molecule has 0 aliphatic heterocycles. The number of nitrogen functional groups attached to an aromatic ring is 1. The van der Waals surface area contributed by atoms with E-state index < -0.39 is 0 Å². The van der Waals surface area contributed by atoms with Crippen LogP contribution in [0.4, 0.5) is 5.69 Å². The molecule has 1 aromatic carbocycles. The number of aryl methyl sites for hydroxylation is 1. The van der Waals surface area contributed by atoms with Gasteiger partial charge in [-0.05, 0) is 36.8 Å². The topological polar surface area (TPSA) is 55.1 Å². The number of rotatable bonds is 3. The number of carbonyl (C=O) groups excluding carboxylic acids is 1. The molecule has 1 aliphatic carbocycles. The monoisotopic (exact) mass is 246 g/mol. The van der Waals surface area contributed by atoms with Crippen molar-refractivity contribution in [1.29, 1.82) is 0 Å². The molecule has 0 heterocycles. The molecule has 1 saturated carbocycles. The molecule has 3 nitrogen and oxygen atoms in total. The SMILES string of the molecule is Cc1cccc(C(=O)NCC2(C)CCCC2)c1N. The Labute approximate surface area is 109 Å². The van der Waals surface area contributed by atoms with Gasteiger partial charge in [-0.15, -0.1) is 0 Å². The van der Waals surface area contributed by atoms with Crippen molar-refractivity contribution in [3.8, 4) is 0 Å². The maximum Gasteiger partial charge on any atom is 0.253 e. The fourth-order valence-electron chi connectivity index (χ4n) is 2.67. The lowest BCUT2D eigenvalue weighted by atomic mass is 9.89. The Hall–Kier alpha value is -1.51. The number of benzene rings is 1. The van der Waals surface area contributed by atoms with Crippen LogP contribution in [-0.2, 0) is 0 Å². The molecule has 98 valence electrons. The van der Waals surface area contributed by atoms with Gasteiger partial charge in [0, 0.05) is 12.2 Å². The Bertz CT molecular complexity index is 448. The molecule has 0 spiro atoms. The van der Waals surface area contributed by atoms with Crippen LogP contribution in [0.5, 0.6) is 0 Å². The van der Waals surface area contributed by atoms with Crippen LogP contribution in [0.15, 0.2) is 18.2 Å². The van der Waals surface area contributed by atoms with Gasteiger partial charge in [0.25, 0.3) is 5.91 Å². The molecule has 0 unspecified atom stereocenters. The third-order valence-electron chi connectivity index (χ3n) is 4.06. The summed E-state index contributed by atoms with van der Waals surface area (Å²) in [5.74, 6) is -0.0516. The highest BCUT2D eigenvalue weighted by atomic mass is 16.1. The van der Waals surface area contributed by atoms with Gasteiger partial charge in [-0.1, -0.05) is 31.9 Å². The molecule has 0 radical (unpaired) electrons. The van der Waals surface area contributed by atoms with Crippen molar-refractivity contribution in [3.05, 3.63) is 29.3 Å². The molecular weight excluding hydrogens is 224 g/mol. The zero-order valence-corrected chi connectivity index (χ0v) is 11.3. The fourth-order valence-corrected chi connectivity index (χ4v) is 2.67. The third-order valence-corrected chi connectivity index (χ3v) is 4.06. The van der Waals surface area contributed by atoms with Gasteiger partial charge in [0.2, 0.25) is 0 Å². The zero-order chi connectivity index (χ0) is 13.2. The number of hydrogen-bond donors (Lipinski definition) is 2. The quantitative estimate of drug-likeness (QED) is 0.806. The van der Waals surface area contributed by atoms with E-state index in [4.69, 9.17) is 5.73 Å². The van der Waals surface area contributed by atoms with Gasteiger partial charge in [-0.3, -0.25) is 4.79 Å². The van der Waals surface area contributed by atoms with E-state index >= 15 is 0 Å². The average Bonchev–Trinajstić information content (AvgIpc) is 2.77. The molecule has 0 aromatic heterocycles. The molecule has 0 atom stereocenters. The highest BCUT2D eigenvalue weighted by molar-refractivity contribution is 5.99. The molecule has 0 bridgehead atoms. The number of nitrogens with one attached hydrogen (secondary N) is 1. The van der Waals surface area contributed by atoms with E-state index in [9.17, 15) is 4.79 Å². The number of amides is 1. The summed E-state index contributed by atoms with van der Waals surface area (Å²) < 4.78 is 0. The second-order valence-electron chi connectivity index (χ2n) is 5.74. The number of anilines is 1. The zero-order valence-electron chi connectivity index (χ0n) is 11.3. The van der Waals surface area contributed by atoms with Gasteiger partial charge in [0.05, 0.1) is 5.56 Å². The molecule has 3 N–H and O–H groups in total. The van der Waals surface area contributed by atoms with Gasteiger partial charge in [0.15, 0.2) is 0 Å². The predicted octanol–water partition coefficient (Wildman–Crippen LogP) is 2.89.